The summed E-state index contributed by atoms with van der Waals surface area (Å²) in [6.07, 6.45) is 3.10. The number of rotatable bonds is 14. The van der Waals surface area contributed by atoms with Crippen LogP contribution in [0.2, 0.25) is 0 Å². The summed E-state index contributed by atoms with van der Waals surface area (Å²) in [7, 11) is 1.51. The Bertz CT molecular complexity index is 1370. The van der Waals surface area contributed by atoms with E-state index >= 15 is 0 Å². The number of benzene rings is 2. The van der Waals surface area contributed by atoms with Gasteiger partial charge in [-0.15, -0.1) is 0 Å². The Hall–Kier alpha value is -4.12. The largest absolute Gasteiger partial charge is 0.495 e. The molecule has 3 N–H and O–H groups in total. The van der Waals surface area contributed by atoms with Crippen molar-refractivity contribution in [2.75, 3.05) is 30.9 Å². The fourth-order valence-electron chi connectivity index (χ4n) is 5.46. The minimum absolute atomic E-state index is 0.161. The van der Waals surface area contributed by atoms with Gasteiger partial charge in [0.15, 0.2) is 0 Å². The number of hydrogen-bond acceptors (Lipinski definition) is 7. The lowest BCUT2D eigenvalue weighted by Crippen LogP contribution is -2.49. The predicted octanol–water partition coefficient (Wildman–Crippen LogP) is 5.29. The second-order valence-corrected chi connectivity index (χ2v) is 12.2. The summed E-state index contributed by atoms with van der Waals surface area (Å²) in [4.78, 5) is 55.2. The highest BCUT2D eigenvalue weighted by Crippen LogP contribution is 2.38. The molecular formula is C33H45N5O6. The molecule has 0 aromatic heterocycles. The lowest BCUT2D eigenvalue weighted by Gasteiger charge is -2.28. The van der Waals surface area contributed by atoms with E-state index in [0.29, 0.717) is 36.2 Å². The minimum atomic E-state index is -1.06. The third-order valence-corrected chi connectivity index (χ3v) is 8.25. The van der Waals surface area contributed by atoms with E-state index in [4.69, 9.17) is 9.47 Å². The molecular weight excluding hydrogens is 562 g/mol. The number of carbonyl (C=O) groups excluding carboxylic acids is 4. The van der Waals surface area contributed by atoms with Crippen LogP contribution in [-0.4, -0.2) is 71.6 Å². The number of imide groups is 1. The number of urea groups is 2. The molecule has 2 aromatic rings. The van der Waals surface area contributed by atoms with Crippen LogP contribution in [0.3, 0.4) is 0 Å². The smallest absolute Gasteiger partial charge is 0.328 e. The van der Waals surface area contributed by atoms with Crippen molar-refractivity contribution in [3.63, 3.8) is 0 Å². The molecule has 1 aliphatic heterocycles. The predicted molar refractivity (Wildman–Crippen MR) is 169 cm³/mol. The first-order valence-corrected chi connectivity index (χ1v) is 15.3. The maximum absolute atomic E-state index is 13.9. The molecule has 238 valence electrons. The summed E-state index contributed by atoms with van der Waals surface area (Å²) in [5, 5.41) is 9.01. The van der Waals surface area contributed by atoms with Gasteiger partial charge in [0, 0.05) is 24.8 Å². The highest BCUT2D eigenvalue weighted by molar-refractivity contribution is 6.07. The van der Waals surface area contributed by atoms with Gasteiger partial charge in [-0.25, -0.2) is 9.59 Å². The number of aryl methyl sites for hydroxylation is 1. The second kappa shape index (κ2) is 14.1. The highest BCUT2D eigenvalue weighted by atomic mass is 16.5. The van der Waals surface area contributed by atoms with Crippen LogP contribution in [0, 0.1) is 12.8 Å². The first kappa shape index (κ1) is 32.8. The zero-order valence-corrected chi connectivity index (χ0v) is 26.6. The molecule has 1 heterocycles. The number of methoxy groups -OCH3 is 1. The molecule has 5 amide bonds. The Morgan fingerprint density at radius 3 is 2.43 bits per heavy atom. The molecule has 1 saturated carbocycles. The molecule has 1 aliphatic carbocycles. The number of anilines is 2. The lowest BCUT2D eigenvalue weighted by atomic mass is 10.0. The molecule has 0 radical (unpaired) electrons. The molecule has 0 bridgehead atoms. The first-order valence-electron chi connectivity index (χ1n) is 15.3. The highest BCUT2D eigenvalue weighted by Gasteiger charge is 2.53. The Balaban J connectivity index is 1.46. The average molecular weight is 608 g/mol. The van der Waals surface area contributed by atoms with Crippen molar-refractivity contribution in [2.24, 2.45) is 5.92 Å². The number of hydrogen-bond donors (Lipinski definition) is 3. The summed E-state index contributed by atoms with van der Waals surface area (Å²) in [6.45, 7) is 10.0. The van der Waals surface area contributed by atoms with Crippen molar-refractivity contribution in [2.45, 2.75) is 84.5 Å². The molecule has 2 aromatic carbocycles. The third-order valence-electron chi connectivity index (χ3n) is 8.25. The monoisotopic (exact) mass is 607 g/mol. The van der Waals surface area contributed by atoms with Crippen molar-refractivity contribution < 1.29 is 28.7 Å². The van der Waals surface area contributed by atoms with Crippen LogP contribution in [0.25, 0.3) is 0 Å². The van der Waals surface area contributed by atoms with E-state index in [1.54, 1.807) is 37.8 Å². The summed E-state index contributed by atoms with van der Waals surface area (Å²) < 4.78 is 10.6. The molecule has 0 unspecified atom stereocenters. The number of para-hydroxylation sites is 1. The normalized spacial score (nSPS) is 17.3. The number of ether oxygens (including phenoxy) is 2. The summed E-state index contributed by atoms with van der Waals surface area (Å²) in [6, 6.07) is 11.5. The Labute approximate surface area is 259 Å². The standard InChI is InChI=1S/C33H45N5O6/c1-7-44-29(39)16-22(3)34-19-25(17-23-12-13-23)38-30(40)33(4,5)37(32(38)42)20-24-14-15-27(28(18-24)43-6)36-31(41)35-26-11-9-8-10-21(26)2/h8-11,14-15,18,22-23,25,34H,7,12-13,16-17,19-20H2,1-6H3,(H2,35,36,41)/t22-,25+/m1/s1. The van der Waals surface area contributed by atoms with Gasteiger partial charge >= 0.3 is 18.0 Å². The van der Waals surface area contributed by atoms with E-state index in [1.807, 2.05) is 44.2 Å². The molecule has 11 nitrogen and oxygen atoms in total. The van der Waals surface area contributed by atoms with E-state index in [2.05, 4.69) is 16.0 Å². The van der Waals surface area contributed by atoms with Crippen molar-refractivity contribution in [3.05, 3.63) is 53.6 Å². The van der Waals surface area contributed by atoms with Gasteiger partial charge < -0.3 is 30.3 Å². The van der Waals surface area contributed by atoms with E-state index < -0.39 is 11.6 Å². The van der Waals surface area contributed by atoms with Crippen LogP contribution in [0.1, 0.15) is 64.5 Å². The van der Waals surface area contributed by atoms with Crippen molar-refractivity contribution >= 4 is 35.3 Å². The van der Waals surface area contributed by atoms with Crippen LogP contribution < -0.4 is 20.7 Å². The maximum Gasteiger partial charge on any atom is 0.328 e. The zero-order chi connectivity index (χ0) is 32.0. The molecule has 44 heavy (non-hydrogen) atoms. The SMILES string of the molecule is CCOC(=O)C[C@@H](C)NC[C@H](CC1CC1)N1C(=O)N(Cc2ccc(NC(=O)Nc3ccccc3C)c(OC)c2)C(C)(C)C1=O. The third kappa shape index (κ3) is 7.88. The second-order valence-electron chi connectivity index (χ2n) is 12.2. The first-order chi connectivity index (χ1) is 20.9. The fraction of sp³-hybridized carbons (Fsp3) is 0.515. The van der Waals surface area contributed by atoms with Crippen molar-refractivity contribution in [3.8, 4) is 5.75 Å². The summed E-state index contributed by atoms with van der Waals surface area (Å²) >= 11 is 0. The number of carbonyl (C=O) groups is 4. The van der Waals surface area contributed by atoms with Crippen LogP contribution in [0.15, 0.2) is 42.5 Å². The van der Waals surface area contributed by atoms with Gasteiger partial charge in [-0.05, 0) is 76.3 Å². The van der Waals surface area contributed by atoms with E-state index in [9.17, 15) is 19.2 Å². The van der Waals surface area contributed by atoms with Crippen LogP contribution in [0.5, 0.6) is 5.75 Å². The molecule has 2 aliphatic rings. The quantitative estimate of drug-likeness (QED) is 0.197. The zero-order valence-electron chi connectivity index (χ0n) is 26.6. The number of nitrogens with zero attached hydrogens (tertiary/aromatic N) is 2. The van der Waals surface area contributed by atoms with Crippen LogP contribution >= 0.6 is 0 Å². The van der Waals surface area contributed by atoms with E-state index in [0.717, 1.165) is 30.4 Å². The molecule has 0 spiro atoms. The molecule has 4 rings (SSSR count). The molecule has 2 fully saturated rings. The van der Waals surface area contributed by atoms with Gasteiger partial charge in [-0.2, -0.15) is 0 Å². The van der Waals surface area contributed by atoms with E-state index in [1.165, 1.54) is 12.0 Å². The Morgan fingerprint density at radius 1 is 1.07 bits per heavy atom. The Morgan fingerprint density at radius 2 is 1.77 bits per heavy atom. The molecule has 1 saturated heterocycles. The molecule has 11 heteroatoms. The average Bonchev–Trinajstić information content (AvgIpc) is 3.77. The van der Waals surface area contributed by atoms with Gasteiger partial charge in [-0.1, -0.05) is 37.1 Å². The summed E-state index contributed by atoms with van der Waals surface area (Å²) in [5.74, 6) is 0.385. The van der Waals surface area contributed by atoms with Crippen LogP contribution in [0.4, 0.5) is 21.0 Å². The molecule has 2 atom stereocenters. The Kier molecular flexibility index (Phi) is 10.5. The number of nitrogens with one attached hydrogen (secondary N) is 3. The summed E-state index contributed by atoms with van der Waals surface area (Å²) in [5.41, 5.74) is 1.80. The number of esters is 1. The maximum atomic E-state index is 13.9. The van der Waals surface area contributed by atoms with E-state index in [-0.39, 0.29) is 43.0 Å². The van der Waals surface area contributed by atoms with Gasteiger partial charge in [0.25, 0.3) is 5.91 Å². The fourth-order valence-corrected chi connectivity index (χ4v) is 5.46. The number of amides is 5. The topological polar surface area (TPSA) is 129 Å². The van der Waals surface area contributed by atoms with Gasteiger partial charge in [0.2, 0.25) is 0 Å². The van der Waals surface area contributed by atoms with Gasteiger partial charge in [0.1, 0.15) is 11.3 Å². The van der Waals surface area contributed by atoms with Gasteiger partial charge in [0.05, 0.1) is 31.9 Å². The van der Waals surface area contributed by atoms with Gasteiger partial charge in [-0.3, -0.25) is 14.5 Å². The van der Waals surface area contributed by atoms with Crippen molar-refractivity contribution in [1.29, 1.82) is 0 Å². The lowest BCUT2D eigenvalue weighted by molar-refractivity contribution is -0.143. The van der Waals surface area contributed by atoms with Crippen LogP contribution in [-0.2, 0) is 20.9 Å². The van der Waals surface area contributed by atoms with Crippen molar-refractivity contribution in [1.82, 2.24) is 15.1 Å². The minimum Gasteiger partial charge on any atom is -0.495 e.